The minimum atomic E-state index is -0.470. The normalized spacial score (nSPS) is 13.4. The van der Waals surface area contributed by atoms with Crippen LogP contribution >= 0.6 is 11.3 Å². The number of carbonyl (C=O) groups excluding carboxylic acids is 1. The first-order valence-electron chi connectivity index (χ1n) is 11.1. The van der Waals surface area contributed by atoms with Gasteiger partial charge in [-0.2, -0.15) is 5.26 Å². The van der Waals surface area contributed by atoms with Crippen molar-refractivity contribution < 1.29 is 19.1 Å². The zero-order valence-corrected chi connectivity index (χ0v) is 20.3. The van der Waals surface area contributed by atoms with Crippen LogP contribution in [0.25, 0.3) is 21.3 Å². The maximum atomic E-state index is 9.76. The van der Waals surface area contributed by atoms with Gasteiger partial charge in [0, 0.05) is 6.42 Å². The van der Waals surface area contributed by atoms with E-state index in [0.717, 1.165) is 56.9 Å². The number of ether oxygens (including phenoxy) is 1. The lowest BCUT2D eigenvalue weighted by Gasteiger charge is -2.07. The van der Waals surface area contributed by atoms with Gasteiger partial charge in [-0.25, -0.2) is 4.98 Å². The second-order valence-corrected chi connectivity index (χ2v) is 9.18. The van der Waals surface area contributed by atoms with Crippen molar-refractivity contribution in [1.82, 2.24) is 20.5 Å². The molecule has 2 aromatic carbocycles. The number of aliphatic hydroxyl groups excluding tert-OH is 1. The van der Waals surface area contributed by atoms with Crippen LogP contribution in [0.3, 0.4) is 0 Å². The molecule has 4 aromatic rings. The van der Waals surface area contributed by atoms with Crippen LogP contribution in [0.5, 0.6) is 5.75 Å². The molecule has 2 heterocycles. The van der Waals surface area contributed by atoms with Gasteiger partial charge in [-0.15, -0.1) is 21.5 Å². The molecule has 0 aliphatic heterocycles. The Morgan fingerprint density at radius 1 is 1.23 bits per heavy atom. The third kappa shape index (κ3) is 5.65. The van der Waals surface area contributed by atoms with E-state index < -0.39 is 5.54 Å². The predicted molar refractivity (Wildman–Crippen MR) is 131 cm³/mol. The van der Waals surface area contributed by atoms with Crippen LogP contribution < -0.4 is 10.1 Å². The third-order valence-electron chi connectivity index (χ3n) is 5.61. The molecule has 5 rings (SSSR count). The zero-order chi connectivity index (χ0) is 24.8. The first kappa shape index (κ1) is 24.3. The summed E-state index contributed by atoms with van der Waals surface area (Å²) >= 11 is 1.60. The molecule has 180 valence electrons. The van der Waals surface area contributed by atoms with Gasteiger partial charge in [-0.3, -0.25) is 4.79 Å². The average molecular weight is 492 g/mol. The average Bonchev–Trinajstić information content (AvgIpc) is 3.32. The number of nitrogens with zero attached hydrogens (tertiary/aromatic N) is 4. The van der Waals surface area contributed by atoms with Crippen LogP contribution in [0.4, 0.5) is 0 Å². The number of aliphatic hydroxyl groups is 1. The summed E-state index contributed by atoms with van der Waals surface area (Å²) in [4.78, 5) is 14.5. The Kier molecular flexibility index (Phi) is 7.39. The summed E-state index contributed by atoms with van der Waals surface area (Å²) in [6.07, 6.45) is 3.43. The minimum absolute atomic E-state index is 0.0380. The Balaban J connectivity index is 0.000000308. The molecule has 1 aliphatic carbocycles. The van der Waals surface area contributed by atoms with Crippen molar-refractivity contribution in [3.8, 4) is 22.9 Å². The van der Waals surface area contributed by atoms with E-state index >= 15 is 0 Å². The highest BCUT2D eigenvalue weighted by molar-refractivity contribution is 7.18. The molecule has 0 saturated heterocycles. The van der Waals surface area contributed by atoms with Crippen LogP contribution in [-0.2, 0) is 24.2 Å². The maximum absolute atomic E-state index is 9.76. The number of nitriles is 1. The fraction of sp³-hybridized carbons (Fsp3) is 0.320. The van der Waals surface area contributed by atoms with E-state index in [1.54, 1.807) is 18.4 Å². The lowest BCUT2D eigenvalue weighted by atomic mass is 10.0. The van der Waals surface area contributed by atoms with Crippen LogP contribution in [0.2, 0.25) is 0 Å². The first-order valence-corrected chi connectivity index (χ1v) is 12.0. The number of rotatable bonds is 8. The number of aryl methyl sites for hydroxylation is 1. The summed E-state index contributed by atoms with van der Waals surface area (Å²) in [6, 6.07) is 13.9. The van der Waals surface area contributed by atoms with Gasteiger partial charge in [-0.05, 0) is 41.7 Å². The van der Waals surface area contributed by atoms with Gasteiger partial charge in [0.1, 0.15) is 21.8 Å². The monoisotopic (exact) mass is 491 g/mol. The Labute approximate surface area is 206 Å². The molecule has 35 heavy (non-hydrogen) atoms. The molecule has 0 bridgehead atoms. The van der Waals surface area contributed by atoms with Crippen molar-refractivity contribution in [2.45, 2.75) is 44.8 Å². The number of hydrogen-bond acceptors (Lipinski definition) is 9. The van der Waals surface area contributed by atoms with E-state index in [1.165, 1.54) is 0 Å². The van der Waals surface area contributed by atoms with Crippen LogP contribution in [0.1, 0.15) is 42.1 Å². The van der Waals surface area contributed by atoms with Crippen LogP contribution in [-0.4, -0.2) is 39.3 Å². The van der Waals surface area contributed by atoms with Crippen molar-refractivity contribution in [1.29, 1.82) is 5.26 Å². The molecule has 0 radical (unpaired) electrons. The molecule has 1 amide bonds. The van der Waals surface area contributed by atoms with E-state index in [2.05, 4.69) is 21.6 Å². The number of nitrogens with one attached hydrogen (secondary N) is 1. The smallest absolute Gasteiger partial charge is 0.223 e. The molecule has 10 heteroatoms. The van der Waals surface area contributed by atoms with Gasteiger partial charge < -0.3 is 19.6 Å². The highest BCUT2D eigenvalue weighted by Gasteiger charge is 2.42. The summed E-state index contributed by atoms with van der Waals surface area (Å²) in [5.41, 5.74) is 3.36. The standard InChI is InChI=1S/C20H19N3O3S.C5H6N2O/c1-3-17-22-23-18(26-17)10-19-21-20-15(25-2)8-14(9-16(20)27-19)13-6-4-12(11-24)5-7-13;6-3-5(1-2-5)7-4-8/h4-9,24H,3,10-11H2,1-2H3;4H,1-2H2,(H,7,8). The van der Waals surface area contributed by atoms with Gasteiger partial charge in [0.25, 0.3) is 0 Å². The Morgan fingerprint density at radius 2 is 1.97 bits per heavy atom. The Bertz CT molecular complexity index is 1350. The molecule has 1 aliphatic rings. The quantitative estimate of drug-likeness (QED) is 0.356. The van der Waals surface area contributed by atoms with Gasteiger partial charge in [-0.1, -0.05) is 31.2 Å². The van der Waals surface area contributed by atoms with E-state index in [0.29, 0.717) is 24.6 Å². The number of benzene rings is 2. The van der Waals surface area contributed by atoms with Crippen LogP contribution in [0.15, 0.2) is 40.8 Å². The van der Waals surface area contributed by atoms with Gasteiger partial charge in [0.15, 0.2) is 0 Å². The topological polar surface area (TPSA) is 134 Å². The van der Waals surface area contributed by atoms with E-state index in [9.17, 15) is 9.90 Å². The highest BCUT2D eigenvalue weighted by Crippen LogP contribution is 2.36. The lowest BCUT2D eigenvalue weighted by molar-refractivity contribution is -0.110. The maximum Gasteiger partial charge on any atom is 0.223 e. The second-order valence-electron chi connectivity index (χ2n) is 8.06. The SMILES string of the molecule is CCc1nnc(Cc2nc3c(OC)cc(-c4ccc(CO)cc4)cc3s2)o1.N#CC1(NC=O)CC1. The molecule has 9 nitrogen and oxygen atoms in total. The molecule has 1 saturated carbocycles. The molecular weight excluding hydrogens is 466 g/mol. The molecule has 0 atom stereocenters. The molecule has 2 aromatic heterocycles. The number of aromatic nitrogens is 3. The van der Waals surface area contributed by atoms with Crippen LogP contribution in [0, 0.1) is 11.3 Å². The molecule has 2 N–H and O–H groups in total. The molecular formula is C25H25N5O4S. The highest BCUT2D eigenvalue weighted by atomic mass is 32.1. The summed E-state index contributed by atoms with van der Waals surface area (Å²) in [5, 5.41) is 29.0. The van der Waals surface area contributed by atoms with Crippen molar-refractivity contribution in [3.63, 3.8) is 0 Å². The number of thiazole rings is 1. The van der Waals surface area contributed by atoms with E-state index in [4.69, 9.17) is 19.4 Å². The molecule has 0 unspecified atom stereocenters. The van der Waals surface area contributed by atoms with Crippen molar-refractivity contribution >= 4 is 28.0 Å². The van der Waals surface area contributed by atoms with Crippen molar-refractivity contribution in [2.24, 2.45) is 0 Å². The number of hydrogen-bond donors (Lipinski definition) is 2. The number of carbonyl (C=O) groups is 1. The summed E-state index contributed by atoms with van der Waals surface area (Å²) in [5.74, 6) is 1.94. The van der Waals surface area contributed by atoms with Crippen molar-refractivity contribution in [3.05, 3.63) is 58.8 Å². The number of fused-ring (bicyclic) bond motifs is 1. The molecule has 0 spiro atoms. The fourth-order valence-electron chi connectivity index (χ4n) is 3.40. The second kappa shape index (κ2) is 10.6. The summed E-state index contributed by atoms with van der Waals surface area (Å²) < 4.78 is 12.2. The summed E-state index contributed by atoms with van der Waals surface area (Å²) in [6.45, 7) is 2.02. The van der Waals surface area contributed by atoms with Gasteiger partial charge in [0.05, 0.1) is 30.9 Å². The van der Waals surface area contributed by atoms with E-state index in [1.807, 2.05) is 43.3 Å². The largest absolute Gasteiger partial charge is 0.494 e. The fourth-order valence-corrected chi connectivity index (χ4v) is 4.42. The first-order chi connectivity index (χ1) is 17.0. The number of methoxy groups -OCH3 is 1. The Morgan fingerprint density at radius 3 is 2.51 bits per heavy atom. The summed E-state index contributed by atoms with van der Waals surface area (Å²) in [7, 11) is 1.65. The van der Waals surface area contributed by atoms with Gasteiger partial charge in [0.2, 0.25) is 18.2 Å². The van der Waals surface area contributed by atoms with Crippen molar-refractivity contribution in [2.75, 3.05) is 7.11 Å². The predicted octanol–water partition coefficient (Wildman–Crippen LogP) is 3.79. The molecule has 1 fully saturated rings. The lowest BCUT2D eigenvalue weighted by Crippen LogP contribution is -2.27. The third-order valence-corrected chi connectivity index (χ3v) is 6.61. The minimum Gasteiger partial charge on any atom is -0.494 e. The van der Waals surface area contributed by atoms with E-state index in [-0.39, 0.29) is 6.61 Å². The Hall–Kier alpha value is -3.81. The van der Waals surface area contributed by atoms with Gasteiger partial charge >= 0.3 is 0 Å². The number of amides is 1. The zero-order valence-electron chi connectivity index (χ0n) is 19.4.